The number of hydrogen-bond donors (Lipinski definition) is 1. The van der Waals surface area contributed by atoms with E-state index in [1.54, 1.807) is 0 Å². The Bertz CT molecular complexity index is 444. The molecule has 1 aromatic carbocycles. The Hall–Kier alpha value is -1.34. The molecule has 0 bridgehead atoms. The molecule has 16 heavy (non-hydrogen) atoms. The molecular weight excluding hydrogens is 224 g/mol. The van der Waals surface area contributed by atoms with Crippen molar-refractivity contribution in [3.8, 4) is 0 Å². The van der Waals surface area contributed by atoms with Gasteiger partial charge in [-0.15, -0.1) is 0 Å². The Morgan fingerprint density at radius 2 is 2.12 bits per heavy atom. The Labute approximate surface area is 89.0 Å². The number of fused-ring (bicyclic) bond motifs is 1. The average Bonchev–Trinajstić information content (AvgIpc) is 2.58. The number of carbonyl (C=O) groups is 1. The maximum absolute atomic E-state index is 12.7. The predicted octanol–water partition coefficient (Wildman–Crippen LogP) is 0.736. The highest BCUT2D eigenvalue weighted by atomic mass is 19.4. The van der Waals surface area contributed by atoms with Crippen LogP contribution in [0.15, 0.2) is 12.1 Å². The summed E-state index contributed by atoms with van der Waals surface area (Å²) in [5.41, 5.74) is -1.19. The molecule has 1 N–H and O–H groups in total. The van der Waals surface area contributed by atoms with E-state index in [2.05, 4.69) is 0 Å². The van der Waals surface area contributed by atoms with Gasteiger partial charge in [-0.25, -0.2) is 0 Å². The Kier molecular flexibility index (Phi) is 2.51. The quantitative estimate of drug-likeness (QED) is 0.571. The van der Waals surface area contributed by atoms with Crippen LogP contribution in [0.25, 0.3) is 0 Å². The molecule has 0 amide bonds. The van der Waals surface area contributed by atoms with Crippen LogP contribution in [-0.2, 0) is 17.4 Å². The van der Waals surface area contributed by atoms with Crippen LogP contribution >= 0.6 is 0 Å². The second-order valence-corrected chi connectivity index (χ2v) is 3.42. The Balaban J connectivity index is 2.66. The van der Waals surface area contributed by atoms with Crippen molar-refractivity contribution in [1.29, 1.82) is 0 Å². The zero-order valence-electron chi connectivity index (χ0n) is 7.91. The molecular formula is C9H6BF3O3. The Morgan fingerprint density at radius 1 is 1.44 bits per heavy atom. The third kappa shape index (κ3) is 1.72. The molecule has 0 saturated heterocycles. The minimum atomic E-state index is -4.61. The minimum Gasteiger partial charge on any atom is -0.423 e. The van der Waals surface area contributed by atoms with Gasteiger partial charge in [0, 0.05) is 5.56 Å². The largest absolute Gasteiger partial charge is 0.492 e. The van der Waals surface area contributed by atoms with Gasteiger partial charge in [-0.1, -0.05) is 0 Å². The van der Waals surface area contributed by atoms with Crippen molar-refractivity contribution in [2.24, 2.45) is 0 Å². The van der Waals surface area contributed by atoms with E-state index in [0.29, 0.717) is 12.4 Å². The molecule has 1 aromatic rings. The first-order valence-electron chi connectivity index (χ1n) is 4.42. The van der Waals surface area contributed by atoms with Crippen molar-refractivity contribution in [1.82, 2.24) is 0 Å². The lowest BCUT2D eigenvalue weighted by molar-refractivity contribution is -0.136. The average molecular weight is 230 g/mol. The molecule has 1 heterocycles. The molecule has 0 radical (unpaired) electrons. The molecule has 84 valence electrons. The smallest absolute Gasteiger partial charge is 0.423 e. The summed E-state index contributed by atoms with van der Waals surface area (Å²) in [4.78, 5) is 10.5. The van der Waals surface area contributed by atoms with Crippen molar-refractivity contribution < 1.29 is 27.6 Å². The number of alkyl halides is 3. The van der Waals surface area contributed by atoms with Crippen LogP contribution in [0.4, 0.5) is 13.2 Å². The maximum Gasteiger partial charge on any atom is 0.492 e. The third-order valence-electron chi connectivity index (χ3n) is 2.37. The van der Waals surface area contributed by atoms with Gasteiger partial charge in [-0.3, -0.25) is 4.79 Å². The summed E-state index contributed by atoms with van der Waals surface area (Å²) in [5.74, 6) is 0. The summed E-state index contributed by atoms with van der Waals surface area (Å²) >= 11 is 0. The highest BCUT2D eigenvalue weighted by molar-refractivity contribution is 6.62. The van der Waals surface area contributed by atoms with Gasteiger partial charge in [-0.2, -0.15) is 13.2 Å². The number of aldehydes is 1. The van der Waals surface area contributed by atoms with Crippen LogP contribution in [0.2, 0.25) is 0 Å². The van der Waals surface area contributed by atoms with E-state index in [-0.39, 0.29) is 23.2 Å². The highest BCUT2D eigenvalue weighted by Crippen LogP contribution is 2.31. The first-order chi connectivity index (χ1) is 7.43. The van der Waals surface area contributed by atoms with Crippen LogP contribution in [0.3, 0.4) is 0 Å². The van der Waals surface area contributed by atoms with Crippen LogP contribution in [-0.4, -0.2) is 18.4 Å². The fourth-order valence-electron chi connectivity index (χ4n) is 1.70. The van der Waals surface area contributed by atoms with E-state index in [9.17, 15) is 23.0 Å². The van der Waals surface area contributed by atoms with Crippen LogP contribution < -0.4 is 5.46 Å². The predicted molar refractivity (Wildman–Crippen MR) is 49.2 cm³/mol. The fraction of sp³-hybridized carbons (Fsp3) is 0.222. The van der Waals surface area contributed by atoms with Crippen molar-refractivity contribution in [3.05, 3.63) is 28.8 Å². The molecule has 0 spiro atoms. The van der Waals surface area contributed by atoms with Gasteiger partial charge in [0.1, 0.15) is 6.29 Å². The van der Waals surface area contributed by atoms with Gasteiger partial charge in [0.05, 0.1) is 12.2 Å². The lowest BCUT2D eigenvalue weighted by Gasteiger charge is -2.12. The third-order valence-corrected chi connectivity index (χ3v) is 2.37. The van der Waals surface area contributed by atoms with Crippen molar-refractivity contribution in [2.45, 2.75) is 12.8 Å². The zero-order valence-corrected chi connectivity index (χ0v) is 7.91. The first kappa shape index (κ1) is 11.2. The molecule has 0 unspecified atom stereocenters. The number of halogens is 3. The van der Waals surface area contributed by atoms with Gasteiger partial charge < -0.3 is 9.68 Å². The summed E-state index contributed by atoms with van der Waals surface area (Å²) in [6.45, 7) is -0.124. The molecule has 0 aliphatic carbocycles. The van der Waals surface area contributed by atoms with E-state index in [1.807, 2.05) is 0 Å². The van der Waals surface area contributed by atoms with Crippen molar-refractivity contribution in [3.63, 3.8) is 0 Å². The monoisotopic (exact) mass is 230 g/mol. The summed E-state index contributed by atoms with van der Waals surface area (Å²) in [6, 6.07) is 2.00. The minimum absolute atomic E-state index is 0.0798. The number of carbonyl (C=O) groups excluding carboxylic acids is 1. The topological polar surface area (TPSA) is 46.5 Å². The van der Waals surface area contributed by atoms with Crippen molar-refractivity contribution in [2.75, 3.05) is 0 Å². The molecule has 0 atom stereocenters. The zero-order chi connectivity index (χ0) is 11.9. The summed E-state index contributed by atoms with van der Waals surface area (Å²) in [5, 5.41) is 9.28. The summed E-state index contributed by atoms with van der Waals surface area (Å²) in [7, 11) is -1.58. The van der Waals surface area contributed by atoms with Gasteiger partial charge >= 0.3 is 13.3 Å². The normalized spacial score (nSPS) is 15.1. The SMILES string of the molecule is O=Cc1cc2c(c(C(F)(F)F)c1)B(O)OC2. The second-order valence-electron chi connectivity index (χ2n) is 3.42. The number of rotatable bonds is 1. The summed E-state index contributed by atoms with van der Waals surface area (Å²) in [6.07, 6.45) is -4.28. The van der Waals surface area contributed by atoms with Crippen LogP contribution in [0.5, 0.6) is 0 Å². The molecule has 7 heteroatoms. The standard InChI is InChI=1S/C9H6BF3O3/c11-9(12,13)7-2-5(3-14)1-6-4-16-10(15)8(6)7/h1-3,15H,4H2. The first-order valence-corrected chi connectivity index (χ1v) is 4.42. The summed E-state index contributed by atoms with van der Waals surface area (Å²) < 4.78 is 42.6. The van der Waals surface area contributed by atoms with Gasteiger partial charge in [0.25, 0.3) is 0 Å². The van der Waals surface area contributed by atoms with Gasteiger partial charge in [0.2, 0.25) is 0 Å². The van der Waals surface area contributed by atoms with E-state index >= 15 is 0 Å². The lowest BCUT2D eigenvalue weighted by Crippen LogP contribution is -2.35. The van der Waals surface area contributed by atoms with E-state index in [0.717, 1.165) is 0 Å². The molecule has 0 aromatic heterocycles. The molecule has 2 rings (SSSR count). The Morgan fingerprint density at radius 3 is 2.69 bits per heavy atom. The molecule has 0 fully saturated rings. The number of hydrogen-bond acceptors (Lipinski definition) is 3. The highest BCUT2D eigenvalue weighted by Gasteiger charge is 2.41. The molecule has 3 nitrogen and oxygen atoms in total. The second kappa shape index (κ2) is 3.60. The number of benzene rings is 1. The lowest BCUT2D eigenvalue weighted by atomic mass is 9.75. The van der Waals surface area contributed by atoms with E-state index in [1.165, 1.54) is 6.07 Å². The molecule has 1 aliphatic heterocycles. The van der Waals surface area contributed by atoms with Crippen molar-refractivity contribution >= 4 is 18.9 Å². The van der Waals surface area contributed by atoms with E-state index < -0.39 is 18.9 Å². The van der Waals surface area contributed by atoms with Crippen LogP contribution in [0.1, 0.15) is 21.5 Å². The van der Waals surface area contributed by atoms with Gasteiger partial charge in [-0.05, 0) is 23.2 Å². The maximum atomic E-state index is 12.7. The van der Waals surface area contributed by atoms with Gasteiger partial charge in [0.15, 0.2) is 0 Å². The van der Waals surface area contributed by atoms with E-state index in [4.69, 9.17) is 4.65 Å². The molecule has 1 aliphatic rings. The molecule has 0 saturated carbocycles. The fourth-order valence-corrected chi connectivity index (χ4v) is 1.70. The van der Waals surface area contributed by atoms with Crippen LogP contribution in [0, 0.1) is 0 Å².